The second-order valence-corrected chi connectivity index (χ2v) is 12.3. The number of hydrogen-bond donors (Lipinski definition) is 0. The number of rotatable bonds is 3. The fourth-order valence-electron chi connectivity index (χ4n) is 6.97. The average molecular weight is 563 g/mol. The van der Waals surface area contributed by atoms with Crippen molar-refractivity contribution >= 4 is 63.8 Å². The minimum atomic E-state index is 1.23. The SMILES string of the molecule is c1ccc(-c2cccc(-c3c4ccccc4c(-c4cc5ccccc5c5c4sc4ccccc45)c4ccccc34)c2)cc1. The van der Waals surface area contributed by atoms with Crippen molar-refractivity contribution in [3.05, 3.63) is 158 Å². The van der Waals surface area contributed by atoms with Gasteiger partial charge in [0.15, 0.2) is 0 Å². The Balaban J connectivity index is 1.43. The zero-order valence-corrected chi connectivity index (χ0v) is 24.2. The Bertz CT molecular complexity index is 2440. The molecule has 0 aliphatic carbocycles. The summed E-state index contributed by atoms with van der Waals surface area (Å²) in [6.07, 6.45) is 0. The zero-order valence-electron chi connectivity index (χ0n) is 23.4. The molecule has 200 valence electrons. The van der Waals surface area contributed by atoms with Gasteiger partial charge in [-0.2, -0.15) is 0 Å². The van der Waals surface area contributed by atoms with Gasteiger partial charge in [0.1, 0.15) is 0 Å². The molecule has 1 heteroatoms. The van der Waals surface area contributed by atoms with E-state index < -0.39 is 0 Å². The zero-order chi connectivity index (χ0) is 28.3. The first-order valence-electron chi connectivity index (χ1n) is 14.8. The first kappa shape index (κ1) is 24.4. The lowest BCUT2D eigenvalue weighted by Gasteiger charge is -2.19. The highest BCUT2D eigenvalue weighted by molar-refractivity contribution is 7.26. The van der Waals surface area contributed by atoms with E-state index in [-0.39, 0.29) is 0 Å². The second-order valence-electron chi connectivity index (χ2n) is 11.2. The summed E-state index contributed by atoms with van der Waals surface area (Å²) in [5.74, 6) is 0. The van der Waals surface area contributed by atoms with Gasteiger partial charge in [-0.15, -0.1) is 11.3 Å². The smallest absolute Gasteiger partial charge is 0.0440 e. The van der Waals surface area contributed by atoms with E-state index in [2.05, 4.69) is 158 Å². The Hall–Kier alpha value is -5.24. The van der Waals surface area contributed by atoms with Crippen molar-refractivity contribution in [1.29, 1.82) is 0 Å². The molecule has 1 heterocycles. The van der Waals surface area contributed by atoms with Crippen LogP contribution in [0.3, 0.4) is 0 Å². The van der Waals surface area contributed by atoms with Crippen LogP contribution in [0.1, 0.15) is 0 Å². The molecular weight excluding hydrogens is 537 g/mol. The Kier molecular flexibility index (Phi) is 5.47. The van der Waals surface area contributed by atoms with Crippen molar-refractivity contribution in [1.82, 2.24) is 0 Å². The molecule has 0 spiro atoms. The van der Waals surface area contributed by atoms with E-state index in [9.17, 15) is 0 Å². The molecule has 0 radical (unpaired) electrons. The summed E-state index contributed by atoms with van der Waals surface area (Å²) in [4.78, 5) is 0. The highest BCUT2D eigenvalue weighted by atomic mass is 32.1. The van der Waals surface area contributed by atoms with Gasteiger partial charge in [-0.05, 0) is 78.3 Å². The van der Waals surface area contributed by atoms with Crippen LogP contribution in [-0.2, 0) is 0 Å². The highest BCUT2D eigenvalue weighted by Crippen LogP contribution is 2.49. The van der Waals surface area contributed by atoms with E-state index in [0.717, 1.165) is 0 Å². The van der Waals surface area contributed by atoms with E-state index in [1.54, 1.807) is 0 Å². The molecule has 0 atom stereocenters. The lowest BCUT2D eigenvalue weighted by atomic mass is 9.84. The molecule has 1 aromatic heterocycles. The van der Waals surface area contributed by atoms with E-state index in [1.165, 1.54) is 85.9 Å². The maximum Gasteiger partial charge on any atom is 0.0440 e. The van der Waals surface area contributed by atoms with Crippen molar-refractivity contribution in [2.75, 3.05) is 0 Å². The van der Waals surface area contributed by atoms with Crippen LogP contribution in [0.15, 0.2) is 158 Å². The van der Waals surface area contributed by atoms with Crippen LogP contribution in [0.5, 0.6) is 0 Å². The molecule has 0 nitrogen and oxygen atoms in total. The lowest BCUT2D eigenvalue weighted by Crippen LogP contribution is -1.91. The van der Waals surface area contributed by atoms with E-state index in [0.29, 0.717) is 0 Å². The van der Waals surface area contributed by atoms with E-state index >= 15 is 0 Å². The monoisotopic (exact) mass is 562 g/mol. The molecule has 0 unspecified atom stereocenters. The molecule has 0 saturated carbocycles. The summed E-state index contributed by atoms with van der Waals surface area (Å²) in [5, 5.41) is 10.4. The predicted octanol–water partition coefficient (Wildman–Crippen LogP) is 12.5. The molecule has 0 bridgehead atoms. The Labute approximate surface area is 254 Å². The number of hydrogen-bond acceptors (Lipinski definition) is 1. The fraction of sp³-hybridized carbons (Fsp3) is 0. The molecule has 9 rings (SSSR count). The minimum Gasteiger partial charge on any atom is -0.135 e. The van der Waals surface area contributed by atoms with Crippen molar-refractivity contribution in [3.63, 3.8) is 0 Å². The Morgan fingerprint density at radius 2 is 0.884 bits per heavy atom. The van der Waals surface area contributed by atoms with Gasteiger partial charge in [0.25, 0.3) is 0 Å². The maximum atomic E-state index is 2.43. The summed E-state index contributed by atoms with van der Waals surface area (Å²) in [5.41, 5.74) is 7.63. The van der Waals surface area contributed by atoms with Crippen LogP contribution in [0, 0.1) is 0 Å². The van der Waals surface area contributed by atoms with Gasteiger partial charge >= 0.3 is 0 Å². The van der Waals surface area contributed by atoms with Crippen molar-refractivity contribution in [2.45, 2.75) is 0 Å². The first-order chi connectivity index (χ1) is 21.3. The van der Waals surface area contributed by atoms with Gasteiger partial charge in [0.05, 0.1) is 0 Å². The molecular formula is C42H26S. The first-order valence-corrected chi connectivity index (χ1v) is 15.6. The van der Waals surface area contributed by atoms with Gasteiger partial charge in [-0.25, -0.2) is 0 Å². The highest BCUT2D eigenvalue weighted by Gasteiger charge is 2.21. The van der Waals surface area contributed by atoms with Gasteiger partial charge in [0, 0.05) is 25.7 Å². The normalized spacial score (nSPS) is 11.7. The minimum absolute atomic E-state index is 1.23. The van der Waals surface area contributed by atoms with Crippen LogP contribution in [0.2, 0.25) is 0 Å². The summed E-state index contributed by atoms with van der Waals surface area (Å²) in [7, 11) is 0. The summed E-state index contributed by atoms with van der Waals surface area (Å²) in [6.45, 7) is 0. The second kappa shape index (κ2) is 9.66. The molecule has 0 amide bonds. The molecule has 0 fully saturated rings. The summed E-state index contributed by atoms with van der Waals surface area (Å²) < 4.78 is 2.69. The number of fused-ring (bicyclic) bond motifs is 7. The quantitative estimate of drug-likeness (QED) is 0.188. The van der Waals surface area contributed by atoms with E-state index in [1.807, 2.05) is 11.3 Å². The van der Waals surface area contributed by atoms with Crippen LogP contribution in [-0.4, -0.2) is 0 Å². The van der Waals surface area contributed by atoms with E-state index in [4.69, 9.17) is 0 Å². The van der Waals surface area contributed by atoms with Gasteiger partial charge in [0.2, 0.25) is 0 Å². The van der Waals surface area contributed by atoms with Crippen molar-refractivity contribution < 1.29 is 0 Å². The number of thiophene rings is 1. The van der Waals surface area contributed by atoms with Crippen LogP contribution < -0.4 is 0 Å². The van der Waals surface area contributed by atoms with Crippen LogP contribution >= 0.6 is 11.3 Å². The van der Waals surface area contributed by atoms with Crippen molar-refractivity contribution in [2.24, 2.45) is 0 Å². The molecule has 0 aliphatic heterocycles. The Morgan fingerprint density at radius 1 is 0.349 bits per heavy atom. The lowest BCUT2D eigenvalue weighted by molar-refractivity contribution is 1.61. The average Bonchev–Trinajstić information content (AvgIpc) is 3.47. The molecule has 8 aromatic carbocycles. The van der Waals surface area contributed by atoms with Gasteiger partial charge in [-0.1, -0.05) is 140 Å². The third kappa shape index (κ3) is 3.75. The maximum absolute atomic E-state index is 2.43. The van der Waals surface area contributed by atoms with Crippen LogP contribution in [0.4, 0.5) is 0 Å². The van der Waals surface area contributed by atoms with Gasteiger partial charge in [-0.3, -0.25) is 0 Å². The summed E-state index contributed by atoms with van der Waals surface area (Å²) in [6, 6.07) is 57.8. The largest absolute Gasteiger partial charge is 0.135 e. The Morgan fingerprint density at radius 3 is 1.60 bits per heavy atom. The van der Waals surface area contributed by atoms with Crippen molar-refractivity contribution in [3.8, 4) is 33.4 Å². The predicted molar refractivity (Wildman–Crippen MR) is 188 cm³/mol. The molecule has 9 aromatic rings. The standard InChI is InChI=1S/C42H26S/c1-2-13-27(14-3-1)28-16-12-17-30(25-28)39-32-19-6-8-21-34(32)40(35-22-9-7-20-33(35)39)37-26-29-15-4-5-18-31(29)41-36-23-10-11-24-38(36)43-42(37)41/h1-26H. The molecule has 43 heavy (non-hydrogen) atoms. The molecule has 0 saturated heterocycles. The van der Waals surface area contributed by atoms with Crippen LogP contribution in [0.25, 0.3) is 85.9 Å². The van der Waals surface area contributed by atoms with Gasteiger partial charge < -0.3 is 0 Å². The topological polar surface area (TPSA) is 0 Å². The summed E-state index contributed by atoms with van der Waals surface area (Å²) >= 11 is 1.92. The fourth-order valence-corrected chi connectivity index (χ4v) is 8.21. The third-order valence-electron chi connectivity index (χ3n) is 8.83. The third-order valence-corrected chi connectivity index (χ3v) is 10.0. The molecule has 0 N–H and O–H groups in total. The number of benzene rings is 8. The molecule has 0 aliphatic rings.